The van der Waals surface area contributed by atoms with Crippen molar-refractivity contribution in [3.05, 3.63) is 12.2 Å². The Labute approximate surface area is 186 Å². The number of ketones is 1. The number of hydrogen-bond donors (Lipinski definition) is 2. The van der Waals surface area contributed by atoms with Crippen molar-refractivity contribution in [3.8, 4) is 0 Å². The molecule has 2 N–H and O–H groups in total. The van der Waals surface area contributed by atoms with Crippen molar-refractivity contribution >= 4 is 29.9 Å². The second-order valence-corrected chi connectivity index (χ2v) is 9.62. The van der Waals surface area contributed by atoms with Gasteiger partial charge in [-0.15, -0.1) is 0 Å². The minimum Gasteiger partial charge on any atom is -0.480 e. The van der Waals surface area contributed by atoms with Crippen molar-refractivity contribution in [2.75, 3.05) is 13.1 Å². The Morgan fingerprint density at radius 3 is 1.56 bits per heavy atom. The fourth-order valence-electron chi connectivity index (χ4n) is 2.96. The minimum absolute atomic E-state index is 0.144. The first-order valence-corrected chi connectivity index (χ1v) is 10.0. The lowest BCUT2D eigenvalue weighted by atomic mass is 10.2. The van der Waals surface area contributed by atoms with Crippen molar-refractivity contribution in [2.24, 2.45) is 0 Å². The van der Waals surface area contributed by atoms with Crippen LogP contribution < -0.4 is 0 Å². The summed E-state index contributed by atoms with van der Waals surface area (Å²) in [7, 11) is 0. The second-order valence-electron chi connectivity index (χ2n) is 9.62. The average Bonchev–Trinajstić information content (AvgIpc) is 3.15. The standard InChI is InChI=1S/C11H17NO4.C10H15NO5/c1-7-5-8(9(13)14)12(6-7)10(15)16-11(2,3)4;1-10(2,3)16-9(15)11-5-6(12)4-7(11)8(13)14/h8H,1,5-6H2,2-4H3,(H,13,14);7H,4-5H2,1-3H3,(H,13,14)/t8-;7-/m00/s1. The highest BCUT2D eigenvalue weighted by Crippen LogP contribution is 2.24. The van der Waals surface area contributed by atoms with Crippen LogP contribution in [0.1, 0.15) is 54.4 Å². The van der Waals surface area contributed by atoms with Gasteiger partial charge in [-0.1, -0.05) is 12.2 Å². The summed E-state index contributed by atoms with van der Waals surface area (Å²) in [6, 6.07) is -1.94. The maximum absolute atomic E-state index is 11.7. The number of ether oxygens (including phenoxy) is 2. The molecule has 2 fully saturated rings. The molecule has 0 aliphatic carbocycles. The van der Waals surface area contributed by atoms with E-state index >= 15 is 0 Å². The predicted molar refractivity (Wildman–Crippen MR) is 112 cm³/mol. The van der Waals surface area contributed by atoms with Crippen LogP contribution in [0.25, 0.3) is 0 Å². The van der Waals surface area contributed by atoms with Crippen LogP contribution in [0.2, 0.25) is 0 Å². The quantitative estimate of drug-likeness (QED) is 0.596. The fourth-order valence-corrected chi connectivity index (χ4v) is 2.96. The van der Waals surface area contributed by atoms with Crippen LogP contribution in [0, 0.1) is 0 Å². The molecular weight excluding hydrogens is 424 g/mol. The van der Waals surface area contributed by atoms with Gasteiger partial charge in [0.15, 0.2) is 5.78 Å². The van der Waals surface area contributed by atoms with E-state index in [2.05, 4.69) is 6.58 Å². The lowest BCUT2D eigenvalue weighted by Gasteiger charge is -2.26. The summed E-state index contributed by atoms with van der Waals surface area (Å²) >= 11 is 0. The van der Waals surface area contributed by atoms with E-state index in [4.69, 9.17) is 19.7 Å². The smallest absolute Gasteiger partial charge is 0.411 e. The van der Waals surface area contributed by atoms with Gasteiger partial charge in [0.05, 0.1) is 6.54 Å². The van der Waals surface area contributed by atoms with E-state index in [9.17, 15) is 24.0 Å². The number of Topliss-reactive ketones (excluding diaryl/α,β-unsaturated/α-hetero) is 1. The summed E-state index contributed by atoms with van der Waals surface area (Å²) in [6.45, 7) is 14.0. The molecule has 0 unspecified atom stereocenters. The van der Waals surface area contributed by atoms with Gasteiger partial charge >= 0.3 is 24.1 Å². The molecule has 2 rings (SSSR count). The van der Waals surface area contributed by atoms with E-state index < -0.39 is 47.4 Å². The number of carboxylic acid groups (broad SMARTS) is 2. The van der Waals surface area contributed by atoms with Crippen LogP contribution in [0.4, 0.5) is 9.59 Å². The largest absolute Gasteiger partial charge is 0.480 e. The lowest BCUT2D eigenvalue weighted by Crippen LogP contribution is -2.43. The molecule has 11 heteroatoms. The first kappa shape index (κ1) is 26.9. The first-order valence-electron chi connectivity index (χ1n) is 10.0. The molecular formula is C21H32N2O9. The van der Waals surface area contributed by atoms with E-state index in [1.165, 1.54) is 4.90 Å². The zero-order chi connectivity index (χ0) is 25.0. The number of carboxylic acids is 2. The van der Waals surface area contributed by atoms with Gasteiger partial charge in [0, 0.05) is 19.4 Å². The van der Waals surface area contributed by atoms with Gasteiger partial charge in [0.25, 0.3) is 0 Å². The molecule has 2 heterocycles. The normalized spacial score (nSPS) is 21.1. The summed E-state index contributed by atoms with van der Waals surface area (Å²) in [4.78, 5) is 58.4. The number of carbonyl (C=O) groups is 5. The Kier molecular flexibility index (Phi) is 8.42. The summed E-state index contributed by atoms with van der Waals surface area (Å²) in [5, 5.41) is 17.8. The molecule has 2 atom stereocenters. The van der Waals surface area contributed by atoms with E-state index in [0.29, 0.717) is 6.42 Å². The number of rotatable bonds is 2. The van der Waals surface area contributed by atoms with Gasteiger partial charge in [0.1, 0.15) is 23.3 Å². The number of carbonyl (C=O) groups excluding carboxylic acids is 3. The molecule has 2 aliphatic heterocycles. The Morgan fingerprint density at radius 1 is 0.812 bits per heavy atom. The van der Waals surface area contributed by atoms with Gasteiger partial charge in [-0.05, 0) is 41.5 Å². The molecule has 32 heavy (non-hydrogen) atoms. The molecule has 0 bridgehead atoms. The maximum Gasteiger partial charge on any atom is 0.411 e. The zero-order valence-electron chi connectivity index (χ0n) is 19.3. The third kappa shape index (κ3) is 8.20. The van der Waals surface area contributed by atoms with Crippen LogP contribution in [0.15, 0.2) is 12.2 Å². The van der Waals surface area contributed by atoms with E-state index in [1.807, 2.05) is 0 Å². The van der Waals surface area contributed by atoms with E-state index in [1.54, 1.807) is 41.5 Å². The molecule has 2 aliphatic rings. The Bertz CT molecular complexity index is 726. The van der Waals surface area contributed by atoms with Gasteiger partial charge in [-0.25, -0.2) is 19.2 Å². The topological polar surface area (TPSA) is 151 Å². The second kappa shape index (κ2) is 10.0. The van der Waals surface area contributed by atoms with Crippen molar-refractivity contribution in [1.29, 1.82) is 0 Å². The number of amides is 2. The number of nitrogens with zero attached hydrogens (tertiary/aromatic N) is 2. The summed E-state index contributed by atoms with van der Waals surface area (Å²) in [6.07, 6.45) is -1.20. The van der Waals surface area contributed by atoms with E-state index in [0.717, 1.165) is 10.5 Å². The molecule has 0 aromatic carbocycles. The highest BCUT2D eigenvalue weighted by atomic mass is 16.6. The molecule has 2 amide bonds. The van der Waals surface area contributed by atoms with Crippen molar-refractivity contribution in [1.82, 2.24) is 9.80 Å². The SMILES string of the molecule is C=C1C[C@@H](C(=O)O)N(C(=O)OC(C)(C)C)C1.CC(C)(C)OC(=O)N1CC(=O)C[C@H]1C(=O)O. The molecule has 0 aromatic heterocycles. The van der Waals surface area contributed by atoms with Crippen LogP contribution >= 0.6 is 0 Å². The average molecular weight is 456 g/mol. The Hall–Kier alpha value is -3.11. The molecule has 2 saturated heterocycles. The summed E-state index contributed by atoms with van der Waals surface area (Å²) in [5.41, 5.74) is -0.589. The van der Waals surface area contributed by atoms with Crippen molar-refractivity contribution < 1.29 is 43.7 Å². The molecule has 0 saturated carbocycles. The molecule has 0 spiro atoms. The monoisotopic (exact) mass is 456 g/mol. The van der Waals surface area contributed by atoms with Crippen LogP contribution in [0.3, 0.4) is 0 Å². The highest BCUT2D eigenvalue weighted by Gasteiger charge is 2.41. The van der Waals surface area contributed by atoms with Crippen molar-refractivity contribution in [3.63, 3.8) is 0 Å². The van der Waals surface area contributed by atoms with Gasteiger partial charge in [-0.2, -0.15) is 0 Å². The molecule has 0 radical (unpaired) electrons. The molecule has 11 nitrogen and oxygen atoms in total. The molecule has 180 valence electrons. The highest BCUT2D eigenvalue weighted by molar-refractivity contribution is 5.95. The Balaban J connectivity index is 0.000000320. The third-order valence-corrected chi connectivity index (χ3v) is 4.22. The first-order chi connectivity index (χ1) is 14.4. The van der Waals surface area contributed by atoms with Gasteiger partial charge < -0.3 is 19.7 Å². The maximum atomic E-state index is 11.7. The third-order valence-electron chi connectivity index (χ3n) is 4.22. The lowest BCUT2D eigenvalue weighted by molar-refractivity contribution is -0.142. The Morgan fingerprint density at radius 2 is 1.19 bits per heavy atom. The number of hydrogen-bond acceptors (Lipinski definition) is 7. The zero-order valence-corrected chi connectivity index (χ0v) is 19.3. The number of likely N-dealkylation sites (tertiary alicyclic amines) is 2. The molecule has 0 aromatic rings. The minimum atomic E-state index is -1.18. The van der Waals surface area contributed by atoms with Crippen LogP contribution in [0.5, 0.6) is 0 Å². The van der Waals surface area contributed by atoms with Gasteiger partial charge in [-0.3, -0.25) is 14.6 Å². The van der Waals surface area contributed by atoms with Crippen LogP contribution in [-0.2, 0) is 23.9 Å². The van der Waals surface area contributed by atoms with E-state index in [-0.39, 0.29) is 25.3 Å². The van der Waals surface area contributed by atoms with Gasteiger partial charge in [0.2, 0.25) is 0 Å². The number of aliphatic carboxylic acids is 2. The predicted octanol–water partition coefficient (Wildman–Crippen LogP) is 2.29. The summed E-state index contributed by atoms with van der Waals surface area (Å²) in [5.74, 6) is -2.47. The fraction of sp³-hybridized carbons (Fsp3) is 0.667. The van der Waals surface area contributed by atoms with Crippen molar-refractivity contribution in [2.45, 2.75) is 77.7 Å². The van der Waals surface area contributed by atoms with Crippen LogP contribution in [-0.4, -0.2) is 86.3 Å². The summed E-state index contributed by atoms with van der Waals surface area (Å²) < 4.78 is 10.2.